The van der Waals surface area contributed by atoms with E-state index >= 15 is 35.1 Å². The molecule has 0 aliphatic rings. The highest BCUT2D eigenvalue weighted by Crippen LogP contribution is 2.31. The normalized spacial score (nSPS) is 11.7. The van der Waals surface area contributed by atoms with Crippen LogP contribution in [0.5, 0.6) is 0 Å². The average Bonchev–Trinajstić information content (AvgIpc) is 3.57. The second kappa shape index (κ2) is 16.6. The third-order valence-corrected chi connectivity index (χ3v) is 10.8. The Kier molecular flexibility index (Phi) is 12.2. The number of halogens is 20. The van der Waals surface area contributed by atoms with Gasteiger partial charge >= 0.3 is 0 Å². The number of nitrogens with zero attached hydrogens (tertiary/aromatic N) is 1. The van der Waals surface area contributed by atoms with Gasteiger partial charge in [-0.2, -0.15) is 4.57 Å². The predicted octanol–water partition coefficient (Wildman–Crippen LogP) is 9.39. The first-order valence-electron chi connectivity index (χ1n) is 16.7. The molecule has 0 saturated heterocycles. The van der Waals surface area contributed by atoms with Crippen molar-refractivity contribution in [3.63, 3.8) is 0 Å². The number of hydrogen-bond acceptors (Lipinski definition) is 1. The lowest BCUT2D eigenvalue weighted by Gasteiger charge is -2.44. The summed E-state index contributed by atoms with van der Waals surface area (Å²) in [5, 5.41) is 1.36. The van der Waals surface area contributed by atoms with E-state index in [4.69, 9.17) is 0 Å². The molecule has 1 aromatic heterocycles. The minimum atomic E-state index is -7.22. The minimum absolute atomic E-state index is 0.955. The summed E-state index contributed by atoms with van der Waals surface area (Å²) in [7, 11) is 0. The molecule has 0 unspecified atom stereocenters. The first-order chi connectivity index (χ1) is 29.0. The van der Waals surface area contributed by atoms with Gasteiger partial charge in [0.05, 0.1) is 0 Å². The van der Waals surface area contributed by atoms with E-state index in [9.17, 15) is 52.7 Å². The summed E-state index contributed by atoms with van der Waals surface area (Å²) in [6, 6.07) is 19.2. The molecule has 0 aliphatic carbocycles. The summed E-state index contributed by atoms with van der Waals surface area (Å²) in [5.41, 5.74) is -11.6. The summed E-state index contributed by atoms with van der Waals surface area (Å²) in [5.74, 6) is -71.4. The Hall–Kier alpha value is -6.13. The van der Waals surface area contributed by atoms with Crippen molar-refractivity contribution in [2.24, 2.45) is 0 Å². The molecule has 0 amide bonds. The van der Waals surface area contributed by atoms with Gasteiger partial charge in [-0.1, -0.05) is 53.8 Å². The van der Waals surface area contributed by atoms with Gasteiger partial charge in [0.1, 0.15) is 57.4 Å². The van der Waals surface area contributed by atoms with Crippen LogP contribution in [0.25, 0.3) is 10.2 Å². The van der Waals surface area contributed by atoms with Crippen LogP contribution in [0.3, 0.4) is 0 Å². The molecule has 0 spiro atoms. The molecule has 23 heteroatoms. The number of benzene rings is 6. The molecule has 62 heavy (non-hydrogen) atoms. The van der Waals surface area contributed by atoms with Gasteiger partial charge in [-0.3, -0.25) is 0 Å². The van der Waals surface area contributed by atoms with E-state index in [0.717, 1.165) is 6.54 Å². The molecule has 0 atom stereocenters. The lowest BCUT2D eigenvalue weighted by atomic mass is 9.12. The van der Waals surface area contributed by atoms with Gasteiger partial charge in [0.2, 0.25) is 10.5 Å². The van der Waals surface area contributed by atoms with Crippen LogP contribution in [-0.4, -0.2) is 6.15 Å². The highest BCUT2D eigenvalue weighted by molar-refractivity contribution is 7.20. The number of thiazole rings is 1. The van der Waals surface area contributed by atoms with Crippen molar-refractivity contribution in [1.82, 2.24) is 0 Å². The molecule has 0 N–H and O–H groups in total. The van der Waals surface area contributed by atoms with Gasteiger partial charge in [0, 0.05) is 18.6 Å². The zero-order chi connectivity index (χ0) is 46.0. The number of fused-ring (bicyclic) bond motifs is 1. The maximum atomic E-state index is 15.4. The van der Waals surface area contributed by atoms with Crippen LogP contribution in [0.4, 0.5) is 87.8 Å². The number of para-hydroxylation sites is 1. The fourth-order valence-corrected chi connectivity index (χ4v) is 8.01. The van der Waals surface area contributed by atoms with E-state index < -0.39 is 144 Å². The molecule has 0 radical (unpaired) electrons. The van der Waals surface area contributed by atoms with E-state index in [1.165, 1.54) is 20.8 Å². The molecule has 6 aromatic carbocycles. The van der Waals surface area contributed by atoms with Crippen LogP contribution in [0.2, 0.25) is 0 Å². The van der Waals surface area contributed by atoms with E-state index in [1.807, 2.05) is 11.3 Å². The molecular weight excluding hydrogens is 905 g/mol. The predicted molar refractivity (Wildman–Crippen MR) is 182 cm³/mol. The zero-order valence-corrected chi connectivity index (χ0v) is 30.7. The van der Waals surface area contributed by atoms with Gasteiger partial charge in [0.25, 0.3) is 0 Å². The molecule has 1 nitrogen and oxygen atoms in total. The third-order valence-electron chi connectivity index (χ3n) is 9.68. The Balaban J connectivity index is 0.000000311. The van der Waals surface area contributed by atoms with Gasteiger partial charge in [-0.05, 0) is 6.07 Å². The maximum Gasteiger partial charge on any atom is 0.235 e. The summed E-state index contributed by atoms with van der Waals surface area (Å²) >= 11 is 1.86. The molecular formula is C39H14BF20NS. The van der Waals surface area contributed by atoms with Crippen LogP contribution >= 0.6 is 11.3 Å². The van der Waals surface area contributed by atoms with Crippen molar-refractivity contribution in [3.8, 4) is 0 Å². The van der Waals surface area contributed by atoms with Crippen LogP contribution in [0.15, 0.2) is 54.6 Å². The van der Waals surface area contributed by atoms with Crippen molar-refractivity contribution in [1.29, 1.82) is 0 Å². The highest BCUT2D eigenvalue weighted by atomic mass is 32.1. The van der Waals surface area contributed by atoms with Crippen LogP contribution < -0.4 is 26.4 Å². The maximum absolute atomic E-state index is 15.4. The number of aryl methyl sites for hydroxylation is 1. The van der Waals surface area contributed by atoms with Crippen LogP contribution in [-0.2, 0) is 6.54 Å². The Morgan fingerprint density at radius 1 is 0.355 bits per heavy atom. The van der Waals surface area contributed by atoms with Gasteiger partial charge in [0.15, 0.2) is 76.4 Å². The second-order valence-corrected chi connectivity index (χ2v) is 14.2. The van der Waals surface area contributed by atoms with E-state index in [-0.39, 0.29) is 0 Å². The topological polar surface area (TPSA) is 3.88 Å². The van der Waals surface area contributed by atoms with Gasteiger partial charge in [-0.15, -0.1) is 21.9 Å². The fraction of sp³-hybridized carbons (Fsp3) is 0.0513. The lowest BCUT2D eigenvalue weighted by molar-refractivity contribution is -0.664. The van der Waals surface area contributed by atoms with E-state index in [2.05, 4.69) is 66.1 Å². The molecule has 0 fully saturated rings. The largest absolute Gasteiger partial charge is 0.235 e. The lowest BCUT2D eigenvalue weighted by Crippen LogP contribution is -2.81. The Morgan fingerprint density at radius 2 is 0.613 bits per heavy atom. The number of rotatable bonds is 6. The van der Waals surface area contributed by atoms with Crippen molar-refractivity contribution in [2.45, 2.75) is 13.5 Å². The molecule has 0 saturated carbocycles. The highest BCUT2D eigenvalue weighted by Gasteiger charge is 2.52. The second-order valence-electron chi connectivity index (χ2n) is 13.0. The summed E-state index contributed by atoms with van der Waals surface area (Å²) in [6.45, 7) is 3.14. The van der Waals surface area contributed by atoms with Crippen molar-refractivity contribution >= 4 is 49.6 Å². The molecule has 7 rings (SSSR count). The molecule has 324 valence electrons. The average molecular weight is 919 g/mol. The van der Waals surface area contributed by atoms with Crippen molar-refractivity contribution in [2.75, 3.05) is 0 Å². The van der Waals surface area contributed by atoms with Crippen molar-refractivity contribution in [3.05, 3.63) is 182 Å². The smallest absolute Gasteiger partial charge is 0.207 e. The number of aromatic nitrogens is 1. The van der Waals surface area contributed by atoms with E-state index in [0.29, 0.717) is 0 Å². The Bertz CT molecular complexity index is 2570. The van der Waals surface area contributed by atoms with Crippen LogP contribution in [0, 0.1) is 123 Å². The molecule has 0 bridgehead atoms. The summed E-state index contributed by atoms with van der Waals surface area (Å²) < 4.78 is 298. The first-order valence-corrected chi connectivity index (χ1v) is 17.5. The monoisotopic (exact) mass is 919 g/mol. The quantitative estimate of drug-likeness (QED) is 0.0515. The third kappa shape index (κ3) is 6.80. The summed E-state index contributed by atoms with van der Waals surface area (Å²) in [6.07, 6.45) is -7.22. The van der Waals surface area contributed by atoms with Gasteiger partial charge < -0.3 is 0 Å². The van der Waals surface area contributed by atoms with Crippen LogP contribution in [0.1, 0.15) is 10.6 Å². The fourth-order valence-electron chi connectivity index (χ4n) is 6.99. The standard InChI is InChI=1S/C24BF20.C15H14NS/c26-5-1(6(27)14(35)21(42)13(5)34)25(2-7(28)15(36)22(43)16(37)8(2)29,3-9(30)17(38)23(44)18(39)10(3)31)4-11(32)19(40)24(45)20(41)12(4)33;1-12-16(11-13-7-3-2-4-8-13)14-9-5-6-10-15(14)17-12/h;2-10H,11H2,1H3/q-1;+1. The zero-order valence-electron chi connectivity index (χ0n) is 29.9. The van der Waals surface area contributed by atoms with E-state index in [1.54, 1.807) is 0 Å². The Morgan fingerprint density at radius 3 is 0.919 bits per heavy atom. The molecule has 7 aromatic rings. The SMILES string of the molecule is Cc1sc2ccccc2[n+]1Cc1ccccc1.Fc1c(F)c(F)c([B-](c2c(F)c(F)c(F)c(F)c2F)(c2c(F)c(F)c(F)c(F)c2F)c2c(F)c(F)c(F)c(F)c2F)c(F)c1F. The van der Waals surface area contributed by atoms with Gasteiger partial charge in [-0.25, -0.2) is 87.8 Å². The minimum Gasteiger partial charge on any atom is -0.207 e. The molecule has 1 heterocycles. The molecule has 0 aliphatic heterocycles. The summed E-state index contributed by atoms with van der Waals surface area (Å²) in [4.78, 5) is 0. The van der Waals surface area contributed by atoms with Crippen molar-refractivity contribution < 1.29 is 92.4 Å². The Labute approximate surface area is 336 Å². The number of hydrogen-bond donors (Lipinski definition) is 0. The first kappa shape index (κ1) is 45.4.